The molecular weight excluding hydrogens is 263 g/mol. The highest BCUT2D eigenvalue weighted by Crippen LogP contribution is 2.30. The maximum absolute atomic E-state index is 9.33. The van der Waals surface area contributed by atoms with Crippen molar-refractivity contribution in [1.82, 2.24) is 0 Å². The summed E-state index contributed by atoms with van der Waals surface area (Å²) >= 11 is 11.4. The molecule has 1 unspecified atom stereocenters. The number of nitriles is 1. The van der Waals surface area contributed by atoms with E-state index in [1.54, 1.807) is 6.07 Å². The van der Waals surface area contributed by atoms with E-state index in [-0.39, 0.29) is 12.4 Å². The van der Waals surface area contributed by atoms with E-state index in [1.807, 2.05) is 6.07 Å². The van der Waals surface area contributed by atoms with Gasteiger partial charge in [-0.1, -0.05) is 11.6 Å². The second-order valence-electron chi connectivity index (χ2n) is 3.33. The Morgan fingerprint density at radius 2 is 2.29 bits per heavy atom. The van der Waals surface area contributed by atoms with E-state index in [0.29, 0.717) is 22.0 Å². The Labute approximate surface area is 110 Å². The average molecular weight is 275 g/mol. The molecule has 92 valence electrons. The summed E-state index contributed by atoms with van der Waals surface area (Å²) in [6, 6.07) is 5.13. The fourth-order valence-electron chi connectivity index (χ4n) is 1.23. The average Bonchev–Trinajstić information content (AvgIpc) is 2.36. The van der Waals surface area contributed by atoms with Gasteiger partial charge in [0.2, 0.25) is 0 Å². The summed E-state index contributed by atoms with van der Waals surface area (Å²) in [7, 11) is 1.49. The summed E-state index contributed by atoms with van der Waals surface area (Å²) in [6.45, 7) is 0.253. The molecule has 1 aromatic carbocycles. The molecule has 0 fully saturated rings. The van der Waals surface area contributed by atoms with Gasteiger partial charge in [0.15, 0.2) is 0 Å². The van der Waals surface area contributed by atoms with Crippen LogP contribution in [0.3, 0.4) is 0 Å². The number of rotatable bonds is 5. The van der Waals surface area contributed by atoms with E-state index >= 15 is 0 Å². The van der Waals surface area contributed by atoms with Gasteiger partial charge in [0.1, 0.15) is 11.8 Å². The highest BCUT2D eigenvalue weighted by molar-refractivity contribution is 6.32. The lowest BCUT2D eigenvalue weighted by Crippen LogP contribution is -2.21. The van der Waals surface area contributed by atoms with Crippen LogP contribution >= 0.6 is 23.2 Å². The minimum atomic E-state index is -0.676. The van der Waals surface area contributed by atoms with Crippen LogP contribution in [-0.2, 0) is 0 Å². The fraction of sp³-hybridized carbons (Fsp3) is 0.364. The molecule has 0 aromatic heterocycles. The molecule has 0 radical (unpaired) electrons. The molecule has 2 N–H and O–H groups in total. The van der Waals surface area contributed by atoms with Crippen LogP contribution in [0.25, 0.3) is 0 Å². The number of alkyl halides is 1. The van der Waals surface area contributed by atoms with E-state index in [1.165, 1.54) is 13.2 Å². The first-order valence-corrected chi connectivity index (χ1v) is 5.79. The Bertz CT molecular complexity index is 432. The molecule has 0 aliphatic rings. The topological polar surface area (TPSA) is 65.3 Å². The first kappa shape index (κ1) is 13.9. The zero-order chi connectivity index (χ0) is 12.8. The maximum Gasteiger partial charge on any atom is 0.139 e. The van der Waals surface area contributed by atoms with Crippen LogP contribution < -0.4 is 10.1 Å². The molecule has 4 nitrogen and oxygen atoms in total. The molecule has 1 atom stereocenters. The second-order valence-corrected chi connectivity index (χ2v) is 4.05. The van der Waals surface area contributed by atoms with Crippen LogP contribution in [-0.4, -0.2) is 30.7 Å². The Morgan fingerprint density at radius 3 is 2.82 bits per heavy atom. The predicted octanol–water partition coefficient (Wildman–Crippen LogP) is 2.23. The lowest BCUT2D eigenvalue weighted by Gasteiger charge is -2.13. The predicted molar refractivity (Wildman–Crippen MR) is 67.9 cm³/mol. The molecule has 0 bridgehead atoms. The van der Waals surface area contributed by atoms with Crippen molar-refractivity contribution in [2.24, 2.45) is 0 Å². The van der Waals surface area contributed by atoms with Crippen LogP contribution in [0.5, 0.6) is 5.75 Å². The van der Waals surface area contributed by atoms with Gasteiger partial charge in [-0.15, -0.1) is 11.6 Å². The van der Waals surface area contributed by atoms with E-state index in [2.05, 4.69) is 5.32 Å². The molecular formula is C11H12Cl2N2O2. The Kier molecular flexibility index (Phi) is 5.36. The Morgan fingerprint density at radius 1 is 1.59 bits per heavy atom. The van der Waals surface area contributed by atoms with Crippen molar-refractivity contribution in [2.45, 2.75) is 6.10 Å². The van der Waals surface area contributed by atoms with E-state index in [0.717, 1.165) is 0 Å². The minimum absolute atomic E-state index is 0.125. The van der Waals surface area contributed by atoms with Crippen molar-refractivity contribution in [3.63, 3.8) is 0 Å². The number of nitrogens with zero attached hydrogens (tertiary/aromatic N) is 1. The fourth-order valence-corrected chi connectivity index (χ4v) is 1.58. The lowest BCUT2D eigenvalue weighted by molar-refractivity contribution is 0.211. The number of hydrogen-bond donors (Lipinski definition) is 2. The standard InChI is InChI=1S/C11H12Cl2N2O2/c1-17-11-3-10(15-6-8(16)4-12)7(5-14)2-9(11)13/h2-3,8,15-16H,4,6H2,1H3. The second kappa shape index (κ2) is 6.55. The number of nitrogens with one attached hydrogen (secondary N) is 1. The number of methoxy groups -OCH3 is 1. The normalized spacial score (nSPS) is 11.7. The van der Waals surface area contributed by atoms with Crippen molar-refractivity contribution in [3.05, 3.63) is 22.7 Å². The van der Waals surface area contributed by atoms with Gasteiger partial charge in [0.25, 0.3) is 0 Å². The molecule has 1 aromatic rings. The van der Waals surface area contributed by atoms with Gasteiger partial charge < -0.3 is 15.2 Å². The van der Waals surface area contributed by atoms with Gasteiger partial charge in [-0.05, 0) is 6.07 Å². The zero-order valence-electron chi connectivity index (χ0n) is 9.20. The number of halogens is 2. The van der Waals surface area contributed by atoms with E-state index in [4.69, 9.17) is 33.2 Å². The largest absolute Gasteiger partial charge is 0.495 e. The van der Waals surface area contributed by atoms with Gasteiger partial charge in [-0.3, -0.25) is 0 Å². The summed E-state index contributed by atoms with van der Waals surface area (Å²) in [5.41, 5.74) is 0.940. The van der Waals surface area contributed by atoms with E-state index < -0.39 is 6.10 Å². The summed E-state index contributed by atoms with van der Waals surface area (Å²) in [6.07, 6.45) is -0.676. The molecule has 6 heteroatoms. The summed E-state index contributed by atoms with van der Waals surface area (Å²) in [5.74, 6) is 0.591. The van der Waals surface area contributed by atoms with Crippen molar-refractivity contribution < 1.29 is 9.84 Å². The zero-order valence-corrected chi connectivity index (χ0v) is 10.7. The number of hydrogen-bond acceptors (Lipinski definition) is 4. The summed E-state index contributed by atoms with van der Waals surface area (Å²) in [5, 5.41) is 21.6. The lowest BCUT2D eigenvalue weighted by atomic mass is 10.2. The van der Waals surface area contributed by atoms with Crippen LogP contribution in [0, 0.1) is 11.3 Å². The Balaban J connectivity index is 2.93. The van der Waals surface area contributed by atoms with Crippen molar-refractivity contribution >= 4 is 28.9 Å². The monoisotopic (exact) mass is 274 g/mol. The third-order valence-corrected chi connectivity index (χ3v) is 2.77. The molecule has 0 saturated heterocycles. The van der Waals surface area contributed by atoms with Gasteiger partial charge in [0.05, 0.1) is 35.4 Å². The Hall–Kier alpha value is -1.15. The maximum atomic E-state index is 9.33. The van der Waals surface area contributed by atoms with Crippen molar-refractivity contribution in [2.75, 3.05) is 24.9 Å². The number of aliphatic hydroxyl groups excluding tert-OH is 1. The molecule has 0 aliphatic carbocycles. The third kappa shape index (κ3) is 3.67. The van der Waals surface area contributed by atoms with Gasteiger partial charge in [0, 0.05) is 12.6 Å². The first-order chi connectivity index (χ1) is 8.12. The third-order valence-electron chi connectivity index (χ3n) is 2.12. The highest BCUT2D eigenvalue weighted by Gasteiger charge is 2.10. The molecule has 17 heavy (non-hydrogen) atoms. The number of benzene rings is 1. The van der Waals surface area contributed by atoms with Crippen LogP contribution in [0.4, 0.5) is 5.69 Å². The van der Waals surface area contributed by atoms with Gasteiger partial charge >= 0.3 is 0 Å². The van der Waals surface area contributed by atoms with E-state index in [9.17, 15) is 5.11 Å². The van der Waals surface area contributed by atoms with Crippen molar-refractivity contribution in [1.29, 1.82) is 5.26 Å². The quantitative estimate of drug-likeness (QED) is 0.809. The minimum Gasteiger partial charge on any atom is -0.495 e. The smallest absolute Gasteiger partial charge is 0.139 e. The SMILES string of the molecule is COc1cc(NCC(O)CCl)c(C#N)cc1Cl. The number of ether oxygens (including phenoxy) is 1. The highest BCUT2D eigenvalue weighted by atomic mass is 35.5. The number of aliphatic hydroxyl groups is 1. The summed E-state index contributed by atoms with van der Waals surface area (Å²) in [4.78, 5) is 0. The van der Waals surface area contributed by atoms with Crippen LogP contribution in [0.2, 0.25) is 5.02 Å². The van der Waals surface area contributed by atoms with Crippen LogP contribution in [0.15, 0.2) is 12.1 Å². The first-order valence-electron chi connectivity index (χ1n) is 4.88. The van der Waals surface area contributed by atoms with Crippen molar-refractivity contribution in [3.8, 4) is 11.8 Å². The van der Waals surface area contributed by atoms with Crippen LogP contribution in [0.1, 0.15) is 5.56 Å². The number of anilines is 1. The van der Waals surface area contributed by atoms with Gasteiger partial charge in [-0.2, -0.15) is 5.26 Å². The molecule has 0 amide bonds. The molecule has 0 aliphatic heterocycles. The van der Waals surface area contributed by atoms with Gasteiger partial charge in [-0.25, -0.2) is 0 Å². The molecule has 0 saturated carbocycles. The molecule has 1 rings (SSSR count). The molecule has 0 spiro atoms. The molecule has 0 heterocycles. The summed E-state index contributed by atoms with van der Waals surface area (Å²) < 4.78 is 5.05.